The fourth-order valence-corrected chi connectivity index (χ4v) is 1.94. The molecular weight excluding hydrogens is 310 g/mol. The molecule has 1 heterocycles. The number of aromatic amines is 1. The summed E-state index contributed by atoms with van der Waals surface area (Å²) in [6.07, 6.45) is 2.10. The molecule has 0 radical (unpaired) electrons. The van der Waals surface area contributed by atoms with E-state index in [4.69, 9.17) is 4.74 Å². The van der Waals surface area contributed by atoms with E-state index in [1.807, 2.05) is 30.3 Å². The Labute approximate surface area is 118 Å². The molecule has 0 bridgehead atoms. The largest absolute Gasteiger partial charge is 0.462 e. The van der Waals surface area contributed by atoms with Crippen LogP contribution in [0, 0.1) is 0 Å². The summed E-state index contributed by atoms with van der Waals surface area (Å²) < 4.78 is 5.72. The SMILES string of the molecule is O=C(OCCc1ccccc1)c1cc(Br)c[nH]c1=O. The van der Waals surface area contributed by atoms with Crippen LogP contribution in [0.25, 0.3) is 0 Å². The molecular formula is C14H12BrNO3. The molecule has 0 aliphatic rings. The first-order valence-corrected chi connectivity index (χ1v) is 6.55. The molecule has 0 amide bonds. The Kier molecular flexibility index (Phi) is 4.52. The van der Waals surface area contributed by atoms with Crippen LogP contribution in [-0.4, -0.2) is 17.6 Å². The highest BCUT2D eigenvalue weighted by atomic mass is 79.9. The van der Waals surface area contributed by atoms with E-state index in [0.29, 0.717) is 10.9 Å². The van der Waals surface area contributed by atoms with Crippen LogP contribution in [0.2, 0.25) is 0 Å². The first-order chi connectivity index (χ1) is 9.16. The van der Waals surface area contributed by atoms with Gasteiger partial charge in [0.15, 0.2) is 0 Å². The van der Waals surface area contributed by atoms with E-state index in [1.165, 1.54) is 12.3 Å². The number of aromatic nitrogens is 1. The minimum absolute atomic E-state index is 0.00226. The molecule has 1 N–H and O–H groups in total. The number of benzene rings is 1. The van der Waals surface area contributed by atoms with Crippen molar-refractivity contribution < 1.29 is 9.53 Å². The minimum atomic E-state index is -0.613. The van der Waals surface area contributed by atoms with Gasteiger partial charge in [-0.3, -0.25) is 4.79 Å². The quantitative estimate of drug-likeness (QED) is 0.880. The minimum Gasteiger partial charge on any atom is -0.462 e. The van der Waals surface area contributed by atoms with Gasteiger partial charge >= 0.3 is 5.97 Å². The van der Waals surface area contributed by atoms with Crippen LogP contribution in [0.4, 0.5) is 0 Å². The third kappa shape index (κ3) is 3.79. The van der Waals surface area contributed by atoms with E-state index < -0.39 is 11.5 Å². The molecule has 0 aliphatic carbocycles. The Bertz CT molecular complexity index is 622. The Morgan fingerprint density at radius 3 is 2.74 bits per heavy atom. The highest BCUT2D eigenvalue weighted by molar-refractivity contribution is 9.10. The standard InChI is InChI=1S/C14H12BrNO3/c15-11-8-12(13(17)16-9-11)14(18)19-7-6-10-4-2-1-3-5-10/h1-5,8-9H,6-7H2,(H,16,17). The molecule has 0 spiro atoms. The van der Waals surface area contributed by atoms with E-state index in [1.54, 1.807) is 0 Å². The average molecular weight is 322 g/mol. The van der Waals surface area contributed by atoms with Crippen LogP contribution in [-0.2, 0) is 11.2 Å². The zero-order chi connectivity index (χ0) is 13.7. The number of pyridine rings is 1. The molecule has 2 aromatic rings. The van der Waals surface area contributed by atoms with Crippen molar-refractivity contribution in [3.8, 4) is 0 Å². The lowest BCUT2D eigenvalue weighted by Gasteiger charge is -2.04. The number of rotatable bonds is 4. The van der Waals surface area contributed by atoms with E-state index in [9.17, 15) is 9.59 Å². The summed E-state index contributed by atoms with van der Waals surface area (Å²) in [7, 11) is 0. The smallest absolute Gasteiger partial charge is 0.343 e. The Balaban J connectivity index is 1.95. The second kappa shape index (κ2) is 6.33. The molecule has 5 heteroatoms. The maximum Gasteiger partial charge on any atom is 0.343 e. The first-order valence-electron chi connectivity index (χ1n) is 5.76. The van der Waals surface area contributed by atoms with Crippen molar-refractivity contribution in [1.82, 2.24) is 4.98 Å². The fourth-order valence-electron chi connectivity index (χ4n) is 1.59. The number of esters is 1. The van der Waals surface area contributed by atoms with Gasteiger partial charge in [0.25, 0.3) is 5.56 Å². The van der Waals surface area contributed by atoms with Gasteiger partial charge < -0.3 is 9.72 Å². The van der Waals surface area contributed by atoms with Crippen LogP contribution in [0.5, 0.6) is 0 Å². The number of H-pyrrole nitrogens is 1. The van der Waals surface area contributed by atoms with Crippen LogP contribution in [0.3, 0.4) is 0 Å². The predicted octanol–water partition coefficient (Wildman–Crippen LogP) is 2.54. The molecule has 0 atom stereocenters. The van der Waals surface area contributed by atoms with Crippen molar-refractivity contribution in [2.24, 2.45) is 0 Å². The van der Waals surface area contributed by atoms with Crippen molar-refractivity contribution in [1.29, 1.82) is 0 Å². The molecule has 1 aromatic carbocycles. The molecule has 19 heavy (non-hydrogen) atoms. The zero-order valence-corrected chi connectivity index (χ0v) is 11.6. The van der Waals surface area contributed by atoms with Gasteiger partial charge in [-0.05, 0) is 27.6 Å². The molecule has 98 valence electrons. The number of ether oxygens (including phenoxy) is 1. The van der Waals surface area contributed by atoms with Crippen molar-refractivity contribution in [2.75, 3.05) is 6.61 Å². The highest BCUT2D eigenvalue weighted by Gasteiger charge is 2.12. The van der Waals surface area contributed by atoms with Crippen LogP contribution < -0.4 is 5.56 Å². The second-order valence-electron chi connectivity index (χ2n) is 3.93. The van der Waals surface area contributed by atoms with E-state index in [2.05, 4.69) is 20.9 Å². The summed E-state index contributed by atoms with van der Waals surface area (Å²) in [6.45, 7) is 0.245. The molecule has 0 aliphatic heterocycles. The summed E-state index contributed by atoms with van der Waals surface area (Å²) in [6, 6.07) is 11.1. The third-order valence-corrected chi connectivity index (χ3v) is 3.01. The molecule has 2 rings (SSSR count). The van der Waals surface area contributed by atoms with Gasteiger partial charge in [-0.15, -0.1) is 0 Å². The van der Waals surface area contributed by atoms with Crippen molar-refractivity contribution in [3.63, 3.8) is 0 Å². The summed E-state index contributed by atoms with van der Waals surface area (Å²) >= 11 is 3.19. The number of hydrogen-bond donors (Lipinski definition) is 1. The number of halogens is 1. The molecule has 1 aromatic heterocycles. The van der Waals surface area contributed by atoms with Crippen LogP contribution >= 0.6 is 15.9 Å². The summed E-state index contributed by atoms with van der Waals surface area (Å²) in [4.78, 5) is 25.7. The number of carbonyl (C=O) groups is 1. The van der Waals surface area contributed by atoms with Gasteiger partial charge in [-0.1, -0.05) is 30.3 Å². The monoisotopic (exact) mass is 321 g/mol. The average Bonchev–Trinajstić information content (AvgIpc) is 2.42. The Morgan fingerprint density at radius 2 is 2.00 bits per heavy atom. The van der Waals surface area contributed by atoms with Gasteiger partial charge in [-0.25, -0.2) is 4.79 Å². The predicted molar refractivity (Wildman–Crippen MR) is 75.2 cm³/mol. The highest BCUT2D eigenvalue weighted by Crippen LogP contribution is 2.08. The lowest BCUT2D eigenvalue weighted by atomic mass is 10.2. The maximum atomic E-state index is 11.7. The number of hydrogen-bond acceptors (Lipinski definition) is 3. The summed E-state index contributed by atoms with van der Waals surface area (Å²) in [5.74, 6) is -0.613. The molecule has 0 saturated heterocycles. The molecule has 0 fully saturated rings. The second-order valence-corrected chi connectivity index (χ2v) is 4.85. The summed E-state index contributed by atoms with van der Waals surface area (Å²) in [5, 5.41) is 0. The number of carbonyl (C=O) groups excluding carboxylic acids is 1. The fraction of sp³-hybridized carbons (Fsp3) is 0.143. The van der Waals surface area contributed by atoms with Crippen LogP contribution in [0.15, 0.2) is 51.9 Å². The normalized spacial score (nSPS) is 10.2. The molecule has 0 unspecified atom stereocenters. The van der Waals surface area contributed by atoms with E-state index in [0.717, 1.165) is 5.56 Å². The third-order valence-electron chi connectivity index (χ3n) is 2.55. The van der Waals surface area contributed by atoms with Crippen LogP contribution in [0.1, 0.15) is 15.9 Å². The Morgan fingerprint density at radius 1 is 1.26 bits per heavy atom. The van der Waals surface area contributed by atoms with Gasteiger partial charge in [0.05, 0.1) is 6.61 Å². The number of nitrogens with one attached hydrogen (secondary N) is 1. The van der Waals surface area contributed by atoms with Gasteiger partial charge in [0.2, 0.25) is 0 Å². The first kappa shape index (κ1) is 13.5. The van der Waals surface area contributed by atoms with Gasteiger partial charge in [0, 0.05) is 17.1 Å². The van der Waals surface area contributed by atoms with E-state index in [-0.39, 0.29) is 12.2 Å². The van der Waals surface area contributed by atoms with Gasteiger partial charge in [-0.2, -0.15) is 0 Å². The maximum absolute atomic E-state index is 11.7. The Hall–Kier alpha value is -1.88. The lowest BCUT2D eigenvalue weighted by Crippen LogP contribution is -2.20. The van der Waals surface area contributed by atoms with Crippen molar-refractivity contribution in [3.05, 3.63) is 68.5 Å². The molecule has 0 saturated carbocycles. The summed E-state index contributed by atoms with van der Waals surface area (Å²) in [5.41, 5.74) is 0.633. The zero-order valence-electron chi connectivity index (χ0n) is 10.1. The van der Waals surface area contributed by atoms with Crippen molar-refractivity contribution >= 4 is 21.9 Å². The van der Waals surface area contributed by atoms with E-state index >= 15 is 0 Å². The van der Waals surface area contributed by atoms with Crippen molar-refractivity contribution in [2.45, 2.75) is 6.42 Å². The topological polar surface area (TPSA) is 59.2 Å². The molecule has 4 nitrogen and oxygen atoms in total. The lowest BCUT2D eigenvalue weighted by molar-refractivity contribution is 0.0507. The van der Waals surface area contributed by atoms with Gasteiger partial charge in [0.1, 0.15) is 5.56 Å².